The van der Waals surface area contributed by atoms with Crippen LogP contribution in [0.4, 0.5) is 0 Å². The van der Waals surface area contributed by atoms with E-state index in [1.54, 1.807) is 0 Å². The van der Waals surface area contributed by atoms with Crippen LogP contribution in [0.3, 0.4) is 0 Å². The van der Waals surface area contributed by atoms with E-state index in [4.69, 9.17) is 0 Å². The summed E-state index contributed by atoms with van der Waals surface area (Å²) in [5.74, 6) is 1.92. The lowest BCUT2D eigenvalue weighted by atomic mass is 9.88. The summed E-state index contributed by atoms with van der Waals surface area (Å²) in [7, 11) is 0. The van der Waals surface area contributed by atoms with Crippen LogP contribution in [-0.2, 0) is 0 Å². The second-order valence-corrected chi connectivity index (χ2v) is 7.30. The van der Waals surface area contributed by atoms with Gasteiger partial charge < -0.3 is 5.32 Å². The van der Waals surface area contributed by atoms with Crippen LogP contribution in [-0.4, -0.2) is 36.6 Å². The van der Waals surface area contributed by atoms with Gasteiger partial charge in [0.2, 0.25) is 0 Å². The summed E-state index contributed by atoms with van der Waals surface area (Å²) in [6.45, 7) is 6.37. The molecule has 2 nitrogen and oxygen atoms in total. The Bertz CT molecular complexity index is 268. The number of hydrogen-bond donors (Lipinski definition) is 1. The highest BCUT2D eigenvalue weighted by molar-refractivity contribution is 4.92. The zero-order valence-corrected chi connectivity index (χ0v) is 12.7. The van der Waals surface area contributed by atoms with Crippen LogP contribution in [0.1, 0.15) is 64.7 Å². The second kappa shape index (κ2) is 6.58. The molecule has 2 atom stereocenters. The predicted octanol–water partition coefficient (Wildman–Crippen LogP) is 3.42. The maximum Gasteiger partial charge on any atom is 0.0198 e. The molecule has 2 aliphatic carbocycles. The SMILES string of the molecule is CCC1CC(NCC2CCCCC2)CN(C2CC2)C1. The van der Waals surface area contributed by atoms with Gasteiger partial charge in [0.25, 0.3) is 0 Å². The first kappa shape index (κ1) is 13.9. The number of nitrogens with one attached hydrogen (secondary N) is 1. The van der Waals surface area contributed by atoms with Crippen molar-refractivity contribution < 1.29 is 0 Å². The van der Waals surface area contributed by atoms with Gasteiger partial charge in [-0.15, -0.1) is 0 Å². The van der Waals surface area contributed by atoms with Crippen LogP contribution in [0.15, 0.2) is 0 Å². The molecule has 0 aromatic rings. The maximum atomic E-state index is 3.93. The molecule has 19 heavy (non-hydrogen) atoms. The molecule has 2 heteroatoms. The smallest absolute Gasteiger partial charge is 0.0198 e. The van der Waals surface area contributed by atoms with Crippen molar-refractivity contribution in [3.8, 4) is 0 Å². The molecule has 1 heterocycles. The molecule has 110 valence electrons. The monoisotopic (exact) mass is 264 g/mol. The van der Waals surface area contributed by atoms with Crippen molar-refractivity contribution in [1.82, 2.24) is 10.2 Å². The first-order chi connectivity index (χ1) is 9.35. The third kappa shape index (κ3) is 3.95. The van der Waals surface area contributed by atoms with Gasteiger partial charge >= 0.3 is 0 Å². The van der Waals surface area contributed by atoms with Gasteiger partial charge in [-0.2, -0.15) is 0 Å². The van der Waals surface area contributed by atoms with Crippen LogP contribution in [0, 0.1) is 11.8 Å². The minimum atomic E-state index is 0.779. The molecule has 0 amide bonds. The minimum absolute atomic E-state index is 0.779. The molecule has 0 aromatic carbocycles. The van der Waals surface area contributed by atoms with Crippen molar-refractivity contribution in [2.75, 3.05) is 19.6 Å². The van der Waals surface area contributed by atoms with Crippen LogP contribution < -0.4 is 5.32 Å². The van der Waals surface area contributed by atoms with Gasteiger partial charge in [0.1, 0.15) is 0 Å². The van der Waals surface area contributed by atoms with Crippen molar-refractivity contribution in [3.63, 3.8) is 0 Å². The second-order valence-electron chi connectivity index (χ2n) is 7.30. The Morgan fingerprint density at radius 1 is 0.947 bits per heavy atom. The summed E-state index contributed by atoms with van der Waals surface area (Å²) in [5.41, 5.74) is 0. The van der Waals surface area contributed by atoms with E-state index in [0.29, 0.717) is 0 Å². The lowest BCUT2D eigenvalue weighted by Gasteiger charge is -2.39. The van der Waals surface area contributed by atoms with Crippen molar-refractivity contribution >= 4 is 0 Å². The molecular weight excluding hydrogens is 232 g/mol. The largest absolute Gasteiger partial charge is 0.312 e. The summed E-state index contributed by atoms with van der Waals surface area (Å²) in [6.07, 6.45) is 13.1. The molecule has 0 radical (unpaired) electrons. The molecular formula is C17H32N2. The highest BCUT2D eigenvalue weighted by Gasteiger charge is 2.35. The molecule has 2 unspecified atom stereocenters. The van der Waals surface area contributed by atoms with E-state index in [-0.39, 0.29) is 0 Å². The quantitative estimate of drug-likeness (QED) is 0.818. The fourth-order valence-electron chi connectivity index (χ4n) is 4.15. The Morgan fingerprint density at radius 3 is 2.42 bits per heavy atom. The van der Waals surface area contributed by atoms with E-state index in [9.17, 15) is 0 Å². The van der Waals surface area contributed by atoms with E-state index in [1.807, 2.05) is 0 Å². The zero-order valence-electron chi connectivity index (χ0n) is 12.7. The van der Waals surface area contributed by atoms with Crippen LogP contribution in [0.25, 0.3) is 0 Å². The first-order valence-electron chi connectivity index (χ1n) is 8.82. The molecule has 0 bridgehead atoms. The third-order valence-corrected chi connectivity index (χ3v) is 5.63. The topological polar surface area (TPSA) is 15.3 Å². The van der Waals surface area contributed by atoms with Gasteiger partial charge in [-0.05, 0) is 50.5 Å². The Hall–Kier alpha value is -0.0800. The fourth-order valence-corrected chi connectivity index (χ4v) is 4.15. The predicted molar refractivity (Wildman–Crippen MR) is 81.4 cm³/mol. The lowest BCUT2D eigenvalue weighted by Crippen LogP contribution is -2.50. The molecule has 0 spiro atoms. The zero-order chi connectivity index (χ0) is 13.1. The van der Waals surface area contributed by atoms with E-state index in [2.05, 4.69) is 17.1 Å². The summed E-state index contributed by atoms with van der Waals surface area (Å²) in [6, 6.07) is 1.73. The standard InChI is InChI=1S/C17H32N2/c1-2-14-10-16(13-19(12-14)17-8-9-17)18-11-15-6-4-3-5-7-15/h14-18H,2-13H2,1H3. The van der Waals surface area contributed by atoms with E-state index < -0.39 is 0 Å². The first-order valence-corrected chi connectivity index (χ1v) is 8.82. The molecule has 3 aliphatic rings. The van der Waals surface area contributed by atoms with Gasteiger partial charge in [-0.3, -0.25) is 4.90 Å². The average Bonchev–Trinajstić information content (AvgIpc) is 3.30. The van der Waals surface area contributed by atoms with Gasteiger partial charge in [-0.25, -0.2) is 0 Å². The molecule has 1 saturated heterocycles. The molecule has 0 aromatic heterocycles. The average molecular weight is 264 g/mol. The van der Waals surface area contributed by atoms with E-state index in [0.717, 1.165) is 23.9 Å². The van der Waals surface area contributed by atoms with Crippen molar-refractivity contribution in [3.05, 3.63) is 0 Å². The number of rotatable bonds is 5. The fraction of sp³-hybridized carbons (Fsp3) is 1.00. The molecule has 1 aliphatic heterocycles. The maximum absolute atomic E-state index is 3.93. The minimum Gasteiger partial charge on any atom is -0.312 e. The molecule has 3 rings (SSSR count). The molecule has 2 saturated carbocycles. The van der Waals surface area contributed by atoms with Gasteiger partial charge in [0.05, 0.1) is 0 Å². The van der Waals surface area contributed by atoms with Gasteiger partial charge in [-0.1, -0.05) is 32.6 Å². The summed E-state index contributed by atoms with van der Waals surface area (Å²) < 4.78 is 0. The Balaban J connectivity index is 1.45. The van der Waals surface area contributed by atoms with Crippen LogP contribution in [0.5, 0.6) is 0 Å². The van der Waals surface area contributed by atoms with Crippen LogP contribution in [0.2, 0.25) is 0 Å². The summed E-state index contributed by atoms with van der Waals surface area (Å²) >= 11 is 0. The Morgan fingerprint density at radius 2 is 1.74 bits per heavy atom. The van der Waals surface area contributed by atoms with Crippen molar-refractivity contribution in [2.45, 2.75) is 76.8 Å². The van der Waals surface area contributed by atoms with E-state index >= 15 is 0 Å². The third-order valence-electron chi connectivity index (χ3n) is 5.63. The van der Waals surface area contributed by atoms with Crippen molar-refractivity contribution in [2.24, 2.45) is 11.8 Å². The van der Waals surface area contributed by atoms with Gasteiger partial charge in [0, 0.05) is 25.2 Å². The number of piperidine rings is 1. The number of hydrogen-bond acceptors (Lipinski definition) is 2. The number of likely N-dealkylation sites (tertiary alicyclic amines) is 1. The lowest BCUT2D eigenvalue weighted by molar-refractivity contribution is 0.127. The Labute approximate surface area is 119 Å². The molecule has 1 N–H and O–H groups in total. The summed E-state index contributed by atoms with van der Waals surface area (Å²) in [5, 5.41) is 3.93. The van der Waals surface area contributed by atoms with Crippen molar-refractivity contribution in [1.29, 1.82) is 0 Å². The number of nitrogens with zero attached hydrogens (tertiary/aromatic N) is 1. The normalized spacial score (nSPS) is 34.6. The van der Waals surface area contributed by atoms with Crippen LogP contribution >= 0.6 is 0 Å². The highest BCUT2D eigenvalue weighted by atomic mass is 15.2. The summed E-state index contributed by atoms with van der Waals surface area (Å²) in [4.78, 5) is 2.79. The Kier molecular flexibility index (Phi) is 4.81. The van der Waals surface area contributed by atoms with E-state index in [1.165, 1.54) is 77.4 Å². The van der Waals surface area contributed by atoms with Gasteiger partial charge in [0.15, 0.2) is 0 Å². The molecule has 3 fully saturated rings. The highest BCUT2D eigenvalue weighted by Crippen LogP contribution is 2.32.